The molecule has 0 aromatic heterocycles. The highest BCUT2D eigenvalue weighted by Gasteiger charge is 2.31. The van der Waals surface area contributed by atoms with Gasteiger partial charge in [0.05, 0.1) is 35.2 Å². The maximum Gasteiger partial charge on any atom is 0.262 e. The van der Waals surface area contributed by atoms with Crippen LogP contribution in [0.15, 0.2) is 0 Å². The molecule has 0 rings (SSSR count). The lowest BCUT2D eigenvalue weighted by molar-refractivity contribution is 0.291. The quantitative estimate of drug-likeness (QED) is 0.275. The zero-order chi connectivity index (χ0) is 18.7. The van der Waals surface area contributed by atoms with Crippen molar-refractivity contribution < 1.29 is 32.4 Å². The van der Waals surface area contributed by atoms with Crippen molar-refractivity contribution >= 4 is 67.1 Å². The predicted molar refractivity (Wildman–Crippen MR) is 104 cm³/mol. The van der Waals surface area contributed by atoms with Crippen molar-refractivity contribution in [2.75, 3.05) is 44.8 Å². The molecular weight excluding hydrogens is 439 g/mol. The first kappa shape index (κ1) is 25.8. The fourth-order valence-corrected chi connectivity index (χ4v) is 12.0. The lowest BCUT2D eigenvalue weighted by Gasteiger charge is -2.20. The van der Waals surface area contributed by atoms with Gasteiger partial charge in [-0.2, -0.15) is 0 Å². The minimum Gasteiger partial charge on any atom is -0.613 e. The van der Waals surface area contributed by atoms with Gasteiger partial charge in [0.15, 0.2) is 5.37 Å². The molecule has 0 spiro atoms. The Hall–Kier alpha value is 1.78. The molecule has 0 saturated heterocycles. The molecule has 2 N–H and O–H groups in total. The largest absolute Gasteiger partial charge is 0.613 e. The third-order valence-electron chi connectivity index (χ3n) is 2.27. The van der Waals surface area contributed by atoms with E-state index in [0.29, 0.717) is 0 Å². The summed E-state index contributed by atoms with van der Waals surface area (Å²) in [4.78, 5) is 0. The van der Waals surface area contributed by atoms with Crippen molar-refractivity contribution in [3.63, 3.8) is 0 Å². The summed E-state index contributed by atoms with van der Waals surface area (Å²) < 4.78 is 69.6. The van der Waals surface area contributed by atoms with Crippen LogP contribution in [0.5, 0.6) is 0 Å². The van der Waals surface area contributed by atoms with Gasteiger partial charge in [0.25, 0.3) is 25.4 Å². The lowest BCUT2D eigenvalue weighted by Crippen LogP contribution is -2.40. The second-order valence-corrected chi connectivity index (χ2v) is 15.5. The van der Waals surface area contributed by atoms with Crippen molar-refractivity contribution in [2.24, 2.45) is 0 Å². The lowest BCUT2D eigenvalue weighted by atomic mass is 10.6. The van der Waals surface area contributed by atoms with Gasteiger partial charge in [-0.05, 0) is 18.1 Å². The second-order valence-electron chi connectivity index (χ2n) is 4.62. The third-order valence-corrected chi connectivity index (χ3v) is 13.9. The first-order valence-corrected chi connectivity index (χ1v) is 15.6. The highest BCUT2D eigenvalue weighted by atomic mass is 32.3. The number of rotatable bonds is 14. The highest BCUT2D eigenvalue weighted by Crippen LogP contribution is 2.11. The molecule has 0 aliphatic heterocycles. The first-order chi connectivity index (χ1) is 11.1. The van der Waals surface area contributed by atoms with E-state index in [-0.39, 0.29) is 38.6 Å². The van der Waals surface area contributed by atoms with Crippen LogP contribution in [0, 0.1) is 0 Å². The van der Waals surface area contributed by atoms with Gasteiger partial charge < -0.3 is 32.4 Å². The van der Waals surface area contributed by atoms with E-state index in [1.54, 1.807) is 6.92 Å². The van der Waals surface area contributed by atoms with Crippen molar-refractivity contribution in [1.29, 1.82) is 0 Å². The maximum absolute atomic E-state index is 11.9. The molecule has 14 heteroatoms. The topological polar surface area (TPSA) is 171 Å². The van der Waals surface area contributed by atoms with E-state index < -0.39 is 72.4 Å². The van der Waals surface area contributed by atoms with Crippen LogP contribution in [0.4, 0.5) is 0 Å². The van der Waals surface area contributed by atoms with Crippen LogP contribution in [0.3, 0.4) is 0 Å². The molecule has 0 radical (unpaired) electrons. The zero-order valence-electron chi connectivity index (χ0n) is 13.4. The van der Waals surface area contributed by atoms with E-state index in [9.17, 15) is 27.3 Å². The molecule has 0 aliphatic carbocycles. The fourth-order valence-electron chi connectivity index (χ4n) is 1.35. The molecule has 0 fully saturated rings. The Morgan fingerprint density at radius 1 is 0.792 bits per heavy atom. The Balaban J connectivity index is 4.05. The number of aliphatic hydroxyl groups excluding tert-OH is 1. The molecule has 5 unspecified atom stereocenters. The number of nitrogens with one attached hydrogen (secondary N) is 1. The van der Waals surface area contributed by atoms with Crippen LogP contribution < -0.4 is 5.32 Å². The Labute approximate surface area is 161 Å². The highest BCUT2D eigenvalue weighted by molar-refractivity contribution is 8.21. The van der Waals surface area contributed by atoms with Gasteiger partial charge in [-0.15, -0.1) is 0 Å². The van der Waals surface area contributed by atoms with E-state index >= 15 is 0 Å². The van der Waals surface area contributed by atoms with Gasteiger partial charge in [-0.1, -0.05) is 0 Å². The molecule has 7 atom stereocenters. The maximum atomic E-state index is 11.9. The Kier molecular flexibility index (Phi) is 15.9. The van der Waals surface area contributed by atoms with E-state index in [1.165, 1.54) is 6.26 Å². The predicted octanol–water partition coefficient (Wildman–Crippen LogP) is -2.18. The summed E-state index contributed by atoms with van der Waals surface area (Å²) >= 11 is -9.11. The smallest absolute Gasteiger partial charge is 0.262 e. The van der Waals surface area contributed by atoms with Gasteiger partial charge in [-0.25, -0.2) is 0 Å². The number of hydrogen-bond acceptors (Lipinski definition) is 8. The molecule has 146 valence electrons. The molecule has 0 saturated carbocycles. The first-order valence-electron chi connectivity index (χ1n) is 6.57. The normalized spacial score (nSPS) is 20.9. The van der Waals surface area contributed by atoms with Gasteiger partial charge >= 0.3 is 0 Å². The summed E-state index contributed by atoms with van der Waals surface area (Å²) in [6.07, 6.45) is 1.39. The summed E-state index contributed by atoms with van der Waals surface area (Å²) in [7, 11) is 0. The molecule has 0 bridgehead atoms. The molecule has 8 nitrogen and oxygen atoms in total. The summed E-state index contributed by atoms with van der Waals surface area (Å²) in [5.41, 5.74) is 0. The van der Waals surface area contributed by atoms with Crippen LogP contribution in [-0.4, -0.2) is 82.6 Å². The van der Waals surface area contributed by atoms with E-state index in [4.69, 9.17) is 5.11 Å². The van der Waals surface area contributed by atoms with Crippen LogP contribution >= 0.6 is 0 Å². The van der Waals surface area contributed by atoms with Crippen LogP contribution in [0.25, 0.3) is 0 Å². The molecule has 0 aliphatic rings. The minimum absolute atomic E-state index is 0.0813. The minimum atomic E-state index is -1.65. The molecule has 24 heavy (non-hydrogen) atoms. The SMILES string of the molecule is C[C@@H](NCCO)[S+]([O-])C[S+]([O-])C[S+]([O-])C[S+]([O-])C[S+]([O-])C[S@+](C)[O-]. The summed E-state index contributed by atoms with van der Waals surface area (Å²) in [5, 5.41) is 10.0. The molecule has 0 heterocycles. The van der Waals surface area contributed by atoms with Gasteiger partial charge in [0, 0.05) is 40.1 Å². The zero-order valence-corrected chi connectivity index (χ0v) is 18.3. The standard InChI is InChI=1S/C10H23NO7S6/c1-10(11-3-4-12)24(18)9-23(17)8-22(16)7-21(15)6-20(14)5-19(2)13/h10-12H,3-9H2,1-2H3/t10-,19-,20?,21?,22?,23?,24?/m0/s1. The van der Waals surface area contributed by atoms with Crippen molar-refractivity contribution in [3.8, 4) is 0 Å². The number of aliphatic hydroxyl groups is 1. The fraction of sp³-hybridized carbons (Fsp3) is 1.00. The van der Waals surface area contributed by atoms with E-state index in [0.717, 1.165) is 0 Å². The average Bonchev–Trinajstić information content (AvgIpc) is 2.42. The third kappa shape index (κ3) is 13.9. The Bertz CT molecular complexity index is 321. The van der Waals surface area contributed by atoms with E-state index in [1.807, 2.05) is 0 Å². The van der Waals surface area contributed by atoms with Crippen molar-refractivity contribution in [3.05, 3.63) is 0 Å². The monoisotopic (exact) mass is 461 g/mol. The van der Waals surface area contributed by atoms with Crippen molar-refractivity contribution in [2.45, 2.75) is 12.3 Å². The molecule has 0 aromatic carbocycles. The average molecular weight is 462 g/mol. The van der Waals surface area contributed by atoms with Gasteiger partial charge in [0.2, 0.25) is 0 Å². The molecule has 0 amide bonds. The number of hydrogen-bond donors (Lipinski definition) is 2. The Morgan fingerprint density at radius 3 is 1.62 bits per heavy atom. The Morgan fingerprint density at radius 2 is 1.21 bits per heavy atom. The van der Waals surface area contributed by atoms with Crippen molar-refractivity contribution in [1.82, 2.24) is 5.32 Å². The molecule has 0 aromatic rings. The summed E-state index contributed by atoms with van der Waals surface area (Å²) in [6.45, 7) is 1.79. The van der Waals surface area contributed by atoms with E-state index in [2.05, 4.69) is 5.32 Å². The van der Waals surface area contributed by atoms with Crippen LogP contribution in [-0.2, 0) is 67.1 Å². The van der Waals surface area contributed by atoms with Crippen LogP contribution in [0.1, 0.15) is 6.92 Å². The summed E-state index contributed by atoms with van der Waals surface area (Å²) in [5.74, 6) is 0. The van der Waals surface area contributed by atoms with Gasteiger partial charge in [-0.3, -0.25) is 5.32 Å². The molecular formula is C10H23NO7S6. The second kappa shape index (κ2) is 14.8. The van der Waals surface area contributed by atoms with Gasteiger partial charge in [0.1, 0.15) is 0 Å². The van der Waals surface area contributed by atoms with Crippen LogP contribution in [0.2, 0.25) is 0 Å². The summed E-state index contributed by atoms with van der Waals surface area (Å²) in [6, 6.07) is 0.